The number of aliphatic imine (C=N–C) groups is 2. The molecule has 6 heteroatoms. The van der Waals surface area contributed by atoms with Gasteiger partial charge in [-0.2, -0.15) is 4.99 Å². The van der Waals surface area contributed by atoms with Crippen LogP contribution in [0.25, 0.3) is 0 Å². The zero-order chi connectivity index (χ0) is 18.3. The molecule has 0 saturated heterocycles. The average Bonchev–Trinajstić information content (AvgIpc) is 2.92. The van der Waals surface area contributed by atoms with Gasteiger partial charge in [0.15, 0.2) is 11.4 Å². The van der Waals surface area contributed by atoms with E-state index in [1.165, 1.54) is 5.56 Å². The Morgan fingerprint density at radius 3 is 2.85 bits per heavy atom. The first kappa shape index (κ1) is 16.2. The standard InChI is InChI=1S/C20H19N5O/c1-12-6-8-16-17(10-12)24-20(23-16)19-14(21)4-3-5-15(22-19)13-7-9-18(26)25(2)11-13/h3,5-11H,4,21H2,1-2H3,(H,23,24)/p+1. The Morgan fingerprint density at radius 2 is 2.04 bits per heavy atom. The van der Waals surface area contributed by atoms with Crippen molar-refractivity contribution in [2.75, 3.05) is 0 Å². The smallest absolute Gasteiger partial charge is 0.258 e. The van der Waals surface area contributed by atoms with Crippen molar-refractivity contribution in [2.45, 2.75) is 13.3 Å². The van der Waals surface area contributed by atoms with Gasteiger partial charge < -0.3 is 10.3 Å². The van der Waals surface area contributed by atoms with E-state index < -0.39 is 0 Å². The minimum atomic E-state index is -0.0541. The number of quaternary nitrogens is 1. The summed E-state index contributed by atoms with van der Waals surface area (Å²) in [5, 5.41) is 2.03. The Bertz CT molecular complexity index is 1090. The van der Waals surface area contributed by atoms with Crippen LogP contribution in [0.2, 0.25) is 0 Å². The molecule has 4 rings (SSSR count). The summed E-state index contributed by atoms with van der Waals surface area (Å²) in [4.78, 5) is 21.1. The summed E-state index contributed by atoms with van der Waals surface area (Å²) < 4.78 is 1.54. The Kier molecular flexibility index (Phi) is 3.89. The molecule has 26 heavy (non-hydrogen) atoms. The number of nitrogens with two attached hydrogens (primary N) is 2. The molecular weight excluding hydrogens is 326 g/mol. The average molecular weight is 346 g/mol. The Morgan fingerprint density at radius 1 is 1.19 bits per heavy atom. The number of hydrogen-bond acceptors (Lipinski definition) is 4. The number of aromatic nitrogens is 1. The molecule has 6 nitrogen and oxygen atoms in total. The maximum atomic E-state index is 11.7. The lowest BCUT2D eigenvalue weighted by Gasteiger charge is -2.06. The number of aryl methyl sites for hydroxylation is 2. The van der Waals surface area contributed by atoms with E-state index in [4.69, 9.17) is 15.7 Å². The monoisotopic (exact) mass is 346 g/mol. The van der Waals surface area contributed by atoms with Crippen LogP contribution < -0.4 is 16.6 Å². The molecule has 130 valence electrons. The zero-order valence-electron chi connectivity index (χ0n) is 14.7. The number of pyridine rings is 1. The summed E-state index contributed by atoms with van der Waals surface area (Å²) in [6.45, 7) is 2.06. The van der Waals surface area contributed by atoms with Crippen LogP contribution in [0.5, 0.6) is 0 Å². The van der Waals surface area contributed by atoms with Gasteiger partial charge in [0, 0.05) is 43.1 Å². The zero-order valence-corrected chi connectivity index (χ0v) is 14.7. The first-order valence-corrected chi connectivity index (χ1v) is 8.46. The van der Waals surface area contributed by atoms with Crippen LogP contribution in [0.15, 0.2) is 74.9 Å². The number of fused-ring (bicyclic) bond motifs is 1. The third-order valence-electron chi connectivity index (χ3n) is 4.49. The number of rotatable bonds is 2. The summed E-state index contributed by atoms with van der Waals surface area (Å²) >= 11 is 0. The lowest BCUT2D eigenvalue weighted by molar-refractivity contribution is -0.437. The SMILES string of the molecule is Cc1ccc2c(c1)[NH2+]C(C1=C(N)CC=CC(c3ccc(=O)n(C)c3)=N1)=N2. The maximum Gasteiger partial charge on any atom is 0.258 e. The van der Waals surface area contributed by atoms with Gasteiger partial charge in [-0.3, -0.25) is 10.1 Å². The molecule has 2 aliphatic heterocycles. The molecule has 2 aliphatic rings. The van der Waals surface area contributed by atoms with Crippen LogP contribution in [-0.2, 0) is 7.05 Å². The summed E-state index contributed by atoms with van der Waals surface area (Å²) in [5.41, 5.74) is 12.4. The molecule has 0 fully saturated rings. The molecule has 1 aromatic carbocycles. The highest BCUT2D eigenvalue weighted by Crippen LogP contribution is 2.27. The van der Waals surface area contributed by atoms with Crippen molar-refractivity contribution in [1.29, 1.82) is 0 Å². The third-order valence-corrected chi connectivity index (χ3v) is 4.49. The van der Waals surface area contributed by atoms with Crippen molar-refractivity contribution in [3.63, 3.8) is 0 Å². The van der Waals surface area contributed by atoms with E-state index in [1.807, 2.05) is 29.6 Å². The van der Waals surface area contributed by atoms with Crippen molar-refractivity contribution in [2.24, 2.45) is 22.8 Å². The second kappa shape index (κ2) is 6.24. The minimum Gasteiger partial charge on any atom is -0.400 e. The molecule has 4 N–H and O–H groups in total. The number of allylic oxidation sites excluding steroid dienone is 2. The highest BCUT2D eigenvalue weighted by atomic mass is 16.1. The molecule has 2 aromatic rings. The summed E-state index contributed by atoms with van der Waals surface area (Å²) in [5.74, 6) is 0.772. The summed E-state index contributed by atoms with van der Waals surface area (Å²) in [6.07, 6.45) is 6.31. The van der Waals surface area contributed by atoms with E-state index in [9.17, 15) is 4.79 Å². The second-order valence-corrected chi connectivity index (χ2v) is 6.55. The summed E-state index contributed by atoms with van der Waals surface area (Å²) in [6, 6.07) is 9.49. The number of nitrogens with zero attached hydrogens (tertiary/aromatic N) is 3. The molecule has 0 radical (unpaired) electrons. The molecule has 0 aliphatic carbocycles. The van der Waals surface area contributed by atoms with E-state index >= 15 is 0 Å². The van der Waals surface area contributed by atoms with Gasteiger partial charge in [-0.1, -0.05) is 12.1 Å². The molecule has 1 aromatic heterocycles. The van der Waals surface area contributed by atoms with Gasteiger partial charge in [-0.25, -0.2) is 4.99 Å². The molecule has 0 saturated carbocycles. The fraction of sp³-hybridized carbons (Fsp3) is 0.150. The number of benzene rings is 1. The Hall–Kier alpha value is -3.25. The molecule has 3 heterocycles. The molecule has 0 amide bonds. The van der Waals surface area contributed by atoms with Crippen LogP contribution >= 0.6 is 0 Å². The van der Waals surface area contributed by atoms with E-state index in [-0.39, 0.29) is 5.56 Å². The highest BCUT2D eigenvalue weighted by molar-refractivity contribution is 6.12. The predicted octanol–water partition coefficient (Wildman–Crippen LogP) is 1.55. The molecule has 0 spiro atoms. The summed E-state index contributed by atoms with van der Waals surface area (Å²) in [7, 11) is 1.73. The van der Waals surface area contributed by atoms with Crippen LogP contribution in [-0.4, -0.2) is 16.1 Å². The van der Waals surface area contributed by atoms with Crippen molar-refractivity contribution < 1.29 is 5.32 Å². The number of hydrogen-bond donors (Lipinski definition) is 2. The lowest BCUT2D eigenvalue weighted by Crippen LogP contribution is -2.81. The Labute approximate surface area is 151 Å². The minimum absolute atomic E-state index is 0.0541. The fourth-order valence-electron chi connectivity index (χ4n) is 3.07. The van der Waals surface area contributed by atoms with Crippen molar-refractivity contribution in [1.82, 2.24) is 4.57 Å². The van der Waals surface area contributed by atoms with Crippen LogP contribution in [0.4, 0.5) is 11.4 Å². The van der Waals surface area contributed by atoms with Gasteiger partial charge in [-0.15, -0.1) is 0 Å². The quantitative estimate of drug-likeness (QED) is 0.808. The fourth-order valence-corrected chi connectivity index (χ4v) is 3.07. The first-order chi connectivity index (χ1) is 12.5. The largest absolute Gasteiger partial charge is 0.400 e. The maximum absolute atomic E-state index is 11.7. The third kappa shape index (κ3) is 2.91. The van der Waals surface area contributed by atoms with E-state index in [2.05, 4.69) is 13.0 Å². The van der Waals surface area contributed by atoms with Crippen LogP contribution in [0.1, 0.15) is 17.5 Å². The topological polar surface area (TPSA) is 89.3 Å². The second-order valence-electron chi connectivity index (χ2n) is 6.55. The first-order valence-electron chi connectivity index (χ1n) is 8.46. The van der Waals surface area contributed by atoms with Gasteiger partial charge >= 0.3 is 0 Å². The van der Waals surface area contributed by atoms with Gasteiger partial charge in [0.05, 0.1) is 5.71 Å². The molecule has 0 atom stereocenters. The highest BCUT2D eigenvalue weighted by Gasteiger charge is 2.25. The van der Waals surface area contributed by atoms with E-state index in [0.29, 0.717) is 17.8 Å². The normalized spacial score (nSPS) is 16.2. The van der Waals surface area contributed by atoms with Crippen LogP contribution in [0.3, 0.4) is 0 Å². The van der Waals surface area contributed by atoms with E-state index in [1.54, 1.807) is 29.9 Å². The van der Waals surface area contributed by atoms with Gasteiger partial charge in [0.2, 0.25) is 5.56 Å². The predicted molar refractivity (Wildman–Crippen MR) is 103 cm³/mol. The number of amidine groups is 1. The van der Waals surface area contributed by atoms with Gasteiger partial charge in [-0.05, 0) is 30.7 Å². The van der Waals surface area contributed by atoms with E-state index in [0.717, 1.165) is 28.5 Å². The van der Waals surface area contributed by atoms with Crippen LogP contribution in [0, 0.1) is 6.92 Å². The van der Waals surface area contributed by atoms with Gasteiger partial charge in [0.25, 0.3) is 5.84 Å². The van der Waals surface area contributed by atoms with Gasteiger partial charge in [0.1, 0.15) is 5.69 Å². The van der Waals surface area contributed by atoms with Crippen molar-refractivity contribution in [3.8, 4) is 0 Å². The Balaban J connectivity index is 1.76. The molecule has 0 unspecified atom stereocenters. The van der Waals surface area contributed by atoms with Crippen molar-refractivity contribution in [3.05, 3.63) is 81.6 Å². The van der Waals surface area contributed by atoms with Crippen molar-refractivity contribution >= 4 is 22.9 Å². The molecular formula is C20H20N5O+. The molecule has 0 bridgehead atoms. The lowest BCUT2D eigenvalue weighted by atomic mass is 10.1.